The van der Waals surface area contributed by atoms with E-state index in [9.17, 15) is 23.2 Å². The molecule has 3 rings (SSSR count). The van der Waals surface area contributed by atoms with Crippen molar-refractivity contribution in [2.24, 2.45) is 0 Å². The number of urea groups is 1. The monoisotopic (exact) mass is 390 g/mol. The number of anilines is 2. The summed E-state index contributed by atoms with van der Waals surface area (Å²) in [6, 6.07) is 10.0. The number of rotatable bonds is 4. The minimum atomic E-state index is -4.49. The zero-order valence-corrected chi connectivity index (χ0v) is 14.4. The SMILES string of the molecule is O=C(Nc1ccc(OC2=CCN([O-])C=C2)cc1)Nc1cccc(C(F)(F)F)c1. The molecule has 28 heavy (non-hydrogen) atoms. The summed E-state index contributed by atoms with van der Waals surface area (Å²) in [6.07, 6.45) is 0.0230. The average Bonchev–Trinajstić information content (AvgIpc) is 2.65. The maximum absolute atomic E-state index is 12.7. The van der Waals surface area contributed by atoms with Gasteiger partial charge >= 0.3 is 12.2 Å². The van der Waals surface area contributed by atoms with E-state index >= 15 is 0 Å². The Kier molecular flexibility index (Phi) is 5.55. The highest BCUT2D eigenvalue weighted by atomic mass is 19.4. The summed E-state index contributed by atoms with van der Waals surface area (Å²) in [4.78, 5) is 12.0. The van der Waals surface area contributed by atoms with Crippen LogP contribution in [-0.2, 0) is 6.18 Å². The fraction of sp³-hybridized carbons (Fsp3) is 0.105. The highest BCUT2D eigenvalue weighted by Gasteiger charge is 2.30. The largest absolute Gasteiger partial charge is 0.758 e. The van der Waals surface area contributed by atoms with Crippen molar-refractivity contribution in [2.45, 2.75) is 6.18 Å². The molecule has 2 aromatic rings. The van der Waals surface area contributed by atoms with Crippen molar-refractivity contribution < 1.29 is 22.7 Å². The van der Waals surface area contributed by atoms with Crippen molar-refractivity contribution in [3.05, 3.63) is 83.4 Å². The van der Waals surface area contributed by atoms with Gasteiger partial charge in [-0.1, -0.05) is 6.07 Å². The molecule has 0 atom stereocenters. The molecular formula is C19H15F3N3O3-. The zero-order chi connectivity index (χ0) is 20.1. The maximum atomic E-state index is 12.7. The van der Waals surface area contributed by atoms with Crippen LogP contribution >= 0.6 is 0 Å². The number of halogens is 3. The predicted molar refractivity (Wildman–Crippen MR) is 98.5 cm³/mol. The molecule has 9 heteroatoms. The van der Waals surface area contributed by atoms with Crippen LogP contribution in [0.15, 0.2) is 72.6 Å². The molecule has 6 nitrogen and oxygen atoms in total. The molecule has 0 unspecified atom stereocenters. The van der Waals surface area contributed by atoms with Crippen molar-refractivity contribution in [3.8, 4) is 5.75 Å². The van der Waals surface area contributed by atoms with E-state index in [1.165, 1.54) is 24.4 Å². The second kappa shape index (κ2) is 8.05. The van der Waals surface area contributed by atoms with Crippen LogP contribution in [0.4, 0.5) is 29.3 Å². The molecule has 0 aromatic heterocycles. The summed E-state index contributed by atoms with van der Waals surface area (Å²) >= 11 is 0. The first-order valence-corrected chi connectivity index (χ1v) is 8.15. The lowest BCUT2D eigenvalue weighted by Crippen LogP contribution is -2.19. The molecule has 0 saturated heterocycles. The molecule has 0 radical (unpaired) electrons. The lowest BCUT2D eigenvalue weighted by atomic mass is 10.2. The van der Waals surface area contributed by atoms with Crippen molar-refractivity contribution in [1.29, 1.82) is 0 Å². The van der Waals surface area contributed by atoms with Gasteiger partial charge in [-0.15, -0.1) is 0 Å². The van der Waals surface area contributed by atoms with Crippen LogP contribution in [-0.4, -0.2) is 17.6 Å². The van der Waals surface area contributed by atoms with E-state index in [0.29, 0.717) is 17.2 Å². The number of hydroxylamine groups is 2. The number of carbonyl (C=O) groups is 1. The predicted octanol–water partition coefficient (Wildman–Crippen LogP) is 4.94. The fourth-order valence-electron chi connectivity index (χ4n) is 2.35. The Bertz CT molecular complexity index is 909. The lowest BCUT2D eigenvalue weighted by molar-refractivity contribution is -0.137. The smallest absolute Gasteiger partial charge is 0.416 e. The third kappa shape index (κ3) is 5.27. The first-order chi connectivity index (χ1) is 13.3. The first kappa shape index (κ1) is 19.3. The quantitative estimate of drug-likeness (QED) is 0.775. The van der Waals surface area contributed by atoms with Gasteiger partial charge in [-0.25, -0.2) is 4.79 Å². The molecule has 1 heterocycles. The Morgan fingerprint density at radius 2 is 1.79 bits per heavy atom. The average molecular weight is 390 g/mol. The highest BCUT2D eigenvalue weighted by molar-refractivity contribution is 5.99. The van der Waals surface area contributed by atoms with Crippen LogP contribution in [0.3, 0.4) is 0 Å². The van der Waals surface area contributed by atoms with E-state index < -0.39 is 17.8 Å². The van der Waals surface area contributed by atoms with E-state index in [2.05, 4.69) is 10.6 Å². The fourth-order valence-corrected chi connectivity index (χ4v) is 2.35. The lowest BCUT2D eigenvalue weighted by Gasteiger charge is -2.27. The summed E-state index contributed by atoms with van der Waals surface area (Å²) in [5, 5.41) is 16.7. The standard InChI is InChI=1S/C19H15F3N3O3/c20-19(21,22)13-2-1-3-15(12-13)24-18(26)23-14-4-6-16(7-5-14)28-17-8-10-25(27)11-9-17/h1-10,12H,11H2,(H2,23,24,26)/q-1. The van der Waals surface area contributed by atoms with Crippen LogP contribution in [0.2, 0.25) is 0 Å². The number of carbonyl (C=O) groups excluding carboxylic acids is 1. The van der Waals surface area contributed by atoms with Crippen LogP contribution in [0, 0.1) is 5.21 Å². The Morgan fingerprint density at radius 1 is 1.07 bits per heavy atom. The summed E-state index contributed by atoms with van der Waals surface area (Å²) < 4.78 is 43.7. The van der Waals surface area contributed by atoms with Gasteiger partial charge in [-0.2, -0.15) is 13.2 Å². The van der Waals surface area contributed by atoms with Gasteiger partial charge in [0.05, 0.1) is 5.56 Å². The molecule has 2 aromatic carbocycles. The van der Waals surface area contributed by atoms with Gasteiger partial charge in [0.15, 0.2) is 0 Å². The number of hydrogen-bond donors (Lipinski definition) is 2. The highest BCUT2D eigenvalue weighted by Crippen LogP contribution is 2.30. The second-order valence-corrected chi connectivity index (χ2v) is 5.81. The van der Waals surface area contributed by atoms with Gasteiger partial charge in [-0.05, 0) is 60.8 Å². The summed E-state index contributed by atoms with van der Waals surface area (Å²) in [6.45, 7) is 0.196. The Labute approximate surface area is 158 Å². The first-order valence-electron chi connectivity index (χ1n) is 8.15. The molecule has 0 bridgehead atoms. The van der Waals surface area contributed by atoms with E-state index in [4.69, 9.17) is 4.74 Å². The molecule has 146 valence electrons. The number of alkyl halides is 3. The minimum absolute atomic E-state index is 0.0238. The molecule has 0 aliphatic carbocycles. The summed E-state index contributed by atoms with van der Waals surface area (Å²) in [7, 11) is 0. The van der Waals surface area contributed by atoms with Crippen LogP contribution in [0.5, 0.6) is 5.75 Å². The Hall–Kier alpha value is -3.46. The van der Waals surface area contributed by atoms with Crippen molar-refractivity contribution in [2.75, 3.05) is 17.2 Å². The second-order valence-electron chi connectivity index (χ2n) is 5.81. The van der Waals surface area contributed by atoms with Crippen molar-refractivity contribution in [3.63, 3.8) is 0 Å². The van der Waals surface area contributed by atoms with Crippen LogP contribution < -0.4 is 15.4 Å². The normalized spacial score (nSPS) is 13.7. The van der Waals surface area contributed by atoms with Crippen LogP contribution in [0.25, 0.3) is 0 Å². The van der Waals surface area contributed by atoms with Gasteiger partial charge in [0.1, 0.15) is 11.5 Å². The number of amides is 2. The molecule has 2 N–H and O–H groups in total. The molecular weight excluding hydrogens is 375 g/mol. The van der Waals surface area contributed by atoms with Crippen molar-refractivity contribution >= 4 is 17.4 Å². The minimum Gasteiger partial charge on any atom is -0.758 e. The third-order valence-corrected chi connectivity index (χ3v) is 3.67. The molecule has 2 amide bonds. The van der Waals surface area contributed by atoms with E-state index in [0.717, 1.165) is 17.2 Å². The van der Waals surface area contributed by atoms with Gasteiger partial charge in [0, 0.05) is 17.9 Å². The Morgan fingerprint density at radius 3 is 2.43 bits per heavy atom. The molecule has 1 aliphatic rings. The van der Waals surface area contributed by atoms with Gasteiger partial charge in [-0.3, -0.25) is 0 Å². The van der Waals surface area contributed by atoms with Crippen molar-refractivity contribution in [1.82, 2.24) is 5.06 Å². The number of ether oxygens (including phenoxy) is 1. The number of benzene rings is 2. The number of nitrogens with zero attached hydrogens (tertiary/aromatic N) is 1. The molecule has 0 fully saturated rings. The van der Waals surface area contributed by atoms with Crippen LogP contribution in [0.1, 0.15) is 5.56 Å². The molecule has 0 spiro atoms. The number of allylic oxidation sites excluding steroid dienone is 1. The maximum Gasteiger partial charge on any atom is 0.416 e. The van der Waals surface area contributed by atoms with Gasteiger partial charge in [0.25, 0.3) is 0 Å². The topological polar surface area (TPSA) is 76.7 Å². The van der Waals surface area contributed by atoms with Gasteiger partial charge in [0.2, 0.25) is 0 Å². The summed E-state index contributed by atoms with van der Waals surface area (Å²) in [5.41, 5.74) is -0.399. The van der Waals surface area contributed by atoms with E-state index in [1.807, 2.05) is 0 Å². The third-order valence-electron chi connectivity index (χ3n) is 3.67. The van der Waals surface area contributed by atoms with E-state index in [-0.39, 0.29) is 12.2 Å². The van der Waals surface area contributed by atoms with E-state index in [1.54, 1.807) is 30.3 Å². The number of nitrogens with one attached hydrogen (secondary N) is 2. The Balaban J connectivity index is 1.57. The number of hydrogen-bond acceptors (Lipinski definition) is 4. The summed E-state index contributed by atoms with van der Waals surface area (Å²) in [5.74, 6) is 1.02. The zero-order valence-electron chi connectivity index (χ0n) is 14.4. The molecule has 0 saturated carbocycles. The van der Waals surface area contributed by atoms with Gasteiger partial charge < -0.3 is 25.6 Å². The molecule has 1 aliphatic heterocycles.